The van der Waals surface area contributed by atoms with E-state index in [0.717, 1.165) is 5.56 Å². The van der Waals surface area contributed by atoms with Gasteiger partial charge in [-0.3, -0.25) is 14.5 Å². The second-order valence-corrected chi connectivity index (χ2v) is 7.56. The fourth-order valence-corrected chi connectivity index (χ4v) is 4.02. The summed E-state index contributed by atoms with van der Waals surface area (Å²) in [7, 11) is 0. The monoisotopic (exact) mass is 381 g/mol. The Labute approximate surface area is 166 Å². The quantitative estimate of drug-likeness (QED) is 0.736. The molecule has 3 atom stereocenters. The van der Waals surface area contributed by atoms with Crippen molar-refractivity contribution in [1.82, 2.24) is 4.90 Å². The third-order valence-electron chi connectivity index (χ3n) is 5.17. The highest BCUT2D eigenvalue weighted by molar-refractivity contribution is 5.68. The second-order valence-electron chi connectivity index (χ2n) is 7.56. The number of esters is 2. The summed E-state index contributed by atoms with van der Waals surface area (Å²) in [5.74, 6) is -0.746. The maximum absolute atomic E-state index is 11.8. The Kier molecular flexibility index (Phi) is 6.15. The molecule has 1 fully saturated rings. The number of carbonyl (C=O) groups excluding carboxylic acids is 2. The molecule has 28 heavy (non-hydrogen) atoms. The van der Waals surface area contributed by atoms with Crippen molar-refractivity contribution in [2.45, 2.75) is 51.5 Å². The first-order valence-corrected chi connectivity index (χ1v) is 9.57. The van der Waals surface area contributed by atoms with Crippen LogP contribution in [0.25, 0.3) is 0 Å². The van der Waals surface area contributed by atoms with Crippen LogP contribution in [-0.2, 0) is 25.6 Å². The number of hydrogen-bond acceptors (Lipinski definition) is 5. The number of piperidine rings is 1. The van der Waals surface area contributed by atoms with Gasteiger partial charge in [0.25, 0.3) is 0 Å². The zero-order valence-electron chi connectivity index (χ0n) is 16.6. The van der Waals surface area contributed by atoms with Crippen molar-refractivity contribution in [2.24, 2.45) is 0 Å². The molecule has 2 aromatic rings. The third kappa shape index (κ3) is 4.78. The molecule has 0 N–H and O–H groups in total. The smallest absolute Gasteiger partial charge is 0.303 e. The van der Waals surface area contributed by atoms with E-state index in [-0.39, 0.29) is 18.0 Å². The van der Waals surface area contributed by atoms with Crippen molar-refractivity contribution < 1.29 is 19.1 Å². The highest BCUT2D eigenvalue weighted by Crippen LogP contribution is 2.39. The standard InChI is InChI=1S/C23H27NO4/c1-17(25)27-22-14-21(20-12-8-5-9-13-20)24(15-19-10-6-4-7-11-19)16-23(22,3)28-18(2)26/h4-13,21-22H,14-16H2,1-3H3/t21-,22-,23-/m1/s1. The van der Waals surface area contributed by atoms with E-state index in [2.05, 4.69) is 29.2 Å². The number of ether oxygens (including phenoxy) is 2. The van der Waals surface area contributed by atoms with Crippen LogP contribution in [0.1, 0.15) is 44.4 Å². The summed E-state index contributed by atoms with van der Waals surface area (Å²) >= 11 is 0. The summed E-state index contributed by atoms with van der Waals surface area (Å²) < 4.78 is 11.3. The molecule has 1 aliphatic rings. The normalized spacial score (nSPS) is 25.1. The fraction of sp³-hybridized carbons (Fsp3) is 0.391. The molecule has 0 spiro atoms. The summed E-state index contributed by atoms with van der Waals surface area (Å²) in [6.07, 6.45) is 0.0475. The zero-order valence-corrected chi connectivity index (χ0v) is 16.6. The van der Waals surface area contributed by atoms with Crippen molar-refractivity contribution in [3.63, 3.8) is 0 Å². The first-order chi connectivity index (χ1) is 13.4. The lowest BCUT2D eigenvalue weighted by atomic mass is 9.83. The number of benzene rings is 2. The maximum atomic E-state index is 11.8. The highest BCUT2D eigenvalue weighted by atomic mass is 16.6. The molecule has 2 aromatic carbocycles. The molecule has 0 amide bonds. The SMILES string of the molecule is CC(=O)O[C@@H]1C[C@H](c2ccccc2)N(Cc2ccccc2)C[C@@]1(C)OC(C)=O. The van der Waals surface area contributed by atoms with Crippen molar-refractivity contribution in [3.8, 4) is 0 Å². The molecule has 0 saturated carbocycles. The van der Waals surface area contributed by atoms with Crippen molar-refractivity contribution >= 4 is 11.9 Å². The average Bonchev–Trinajstić information content (AvgIpc) is 2.64. The van der Waals surface area contributed by atoms with Gasteiger partial charge in [-0.05, 0) is 18.1 Å². The Balaban J connectivity index is 1.95. The van der Waals surface area contributed by atoms with Crippen molar-refractivity contribution in [3.05, 3.63) is 71.8 Å². The zero-order chi connectivity index (χ0) is 20.1. The second kappa shape index (κ2) is 8.57. The Hall–Kier alpha value is -2.66. The molecule has 0 unspecified atom stereocenters. The Bertz CT molecular complexity index is 808. The van der Waals surface area contributed by atoms with Gasteiger partial charge >= 0.3 is 11.9 Å². The average molecular weight is 381 g/mol. The van der Waals surface area contributed by atoms with Gasteiger partial charge < -0.3 is 9.47 Å². The lowest BCUT2D eigenvalue weighted by Crippen LogP contribution is -2.59. The van der Waals surface area contributed by atoms with Crippen LogP contribution in [0.3, 0.4) is 0 Å². The van der Waals surface area contributed by atoms with Crippen LogP contribution in [0.4, 0.5) is 0 Å². The van der Waals surface area contributed by atoms with Gasteiger partial charge in [0.05, 0.1) is 0 Å². The molecule has 0 aromatic heterocycles. The van der Waals surface area contributed by atoms with E-state index in [1.165, 1.54) is 19.4 Å². The molecule has 3 rings (SSSR count). The number of rotatable bonds is 5. The minimum atomic E-state index is -0.905. The molecule has 5 nitrogen and oxygen atoms in total. The van der Waals surface area contributed by atoms with Gasteiger partial charge in [-0.2, -0.15) is 0 Å². The van der Waals surface area contributed by atoms with Gasteiger partial charge in [0, 0.05) is 39.4 Å². The number of carbonyl (C=O) groups is 2. The number of likely N-dealkylation sites (tertiary alicyclic amines) is 1. The Morgan fingerprint density at radius 2 is 1.61 bits per heavy atom. The van der Waals surface area contributed by atoms with Crippen molar-refractivity contribution in [2.75, 3.05) is 6.54 Å². The lowest BCUT2D eigenvalue weighted by molar-refractivity contribution is -0.198. The Morgan fingerprint density at radius 1 is 1.00 bits per heavy atom. The highest BCUT2D eigenvalue weighted by Gasteiger charge is 2.48. The maximum Gasteiger partial charge on any atom is 0.303 e. The lowest BCUT2D eigenvalue weighted by Gasteiger charge is -2.48. The molecule has 1 saturated heterocycles. The minimum absolute atomic E-state index is 0.0504. The number of nitrogens with zero attached hydrogens (tertiary/aromatic N) is 1. The van der Waals surface area contributed by atoms with Crippen LogP contribution >= 0.6 is 0 Å². The van der Waals surface area contributed by atoms with Crippen LogP contribution in [0.15, 0.2) is 60.7 Å². The van der Waals surface area contributed by atoms with Gasteiger partial charge in [-0.15, -0.1) is 0 Å². The molecular formula is C23H27NO4. The van der Waals surface area contributed by atoms with E-state index >= 15 is 0 Å². The van der Waals surface area contributed by atoms with E-state index < -0.39 is 11.7 Å². The van der Waals surface area contributed by atoms with Gasteiger partial charge in [-0.1, -0.05) is 60.7 Å². The molecule has 0 aliphatic carbocycles. The topological polar surface area (TPSA) is 55.8 Å². The van der Waals surface area contributed by atoms with Gasteiger partial charge in [0.1, 0.15) is 6.10 Å². The first kappa shape index (κ1) is 20.1. The summed E-state index contributed by atoms with van der Waals surface area (Å²) in [5, 5.41) is 0. The molecule has 1 aliphatic heterocycles. The van der Waals surface area contributed by atoms with E-state index in [9.17, 15) is 9.59 Å². The van der Waals surface area contributed by atoms with Crippen LogP contribution in [0.5, 0.6) is 0 Å². The van der Waals surface area contributed by atoms with Crippen molar-refractivity contribution in [1.29, 1.82) is 0 Å². The van der Waals surface area contributed by atoms with Gasteiger partial charge in [0.2, 0.25) is 0 Å². The summed E-state index contributed by atoms with van der Waals surface area (Å²) in [6.45, 7) is 5.81. The molecular weight excluding hydrogens is 354 g/mol. The van der Waals surface area contributed by atoms with E-state index in [1.807, 2.05) is 43.3 Å². The first-order valence-electron chi connectivity index (χ1n) is 9.57. The van der Waals surface area contributed by atoms with Crippen LogP contribution in [0, 0.1) is 0 Å². The van der Waals surface area contributed by atoms with Crippen LogP contribution in [-0.4, -0.2) is 35.1 Å². The molecule has 5 heteroatoms. The predicted molar refractivity (Wildman–Crippen MR) is 106 cm³/mol. The largest absolute Gasteiger partial charge is 0.458 e. The summed E-state index contributed by atoms with van der Waals surface area (Å²) in [4.78, 5) is 25.8. The Morgan fingerprint density at radius 3 is 2.18 bits per heavy atom. The van der Waals surface area contributed by atoms with E-state index in [0.29, 0.717) is 19.5 Å². The number of hydrogen-bond donors (Lipinski definition) is 0. The van der Waals surface area contributed by atoms with Gasteiger partial charge in [0.15, 0.2) is 5.60 Å². The minimum Gasteiger partial charge on any atom is -0.458 e. The summed E-state index contributed by atoms with van der Waals surface area (Å²) in [5.41, 5.74) is 1.43. The third-order valence-corrected chi connectivity index (χ3v) is 5.17. The summed E-state index contributed by atoms with van der Waals surface area (Å²) in [6, 6.07) is 20.4. The predicted octanol–water partition coefficient (Wildman–Crippen LogP) is 3.89. The van der Waals surface area contributed by atoms with E-state index in [4.69, 9.17) is 9.47 Å². The van der Waals surface area contributed by atoms with Crippen LogP contribution in [0.2, 0.25) is 0 Å². The van der Waals surface area contributed by atoms with E-state index in [1.54, 1.807) is 0 Å². The molecule has 1 heterocycles. The molecule has 148 valence electrons. The fourth-order valence-electron chi connectivity index (χ4n) is 4.02. The van der Waals surface area contributed by atoms with Gasteiger partial charge in [-0.25, -0.2) is 0 Å². The molecule has 0 bridgehead atoms. The molecule has 0 radical (unpaired) electrons. The van der Waals surface area contributed by atoms with Crippen LogP contribution < -0.4 is 0 Å².